The van der Waals surface area contributed by atoms with E-state index in [4.69, 9.17) is 4.74 Å². The van der Waals surface area contributed by atoms with Crippen molar-refractivity contribution in [1.29, 1.82) is 0 Å². The van der Waals surface area contributed by atoms with Crippen LogP contribution in [0.4, 0.5) is 0 Å². The molecule has 0 aromatic heterocycles. The fourth-order valence-electron chi connectivity index (χ4n) is 1.68. The monoisotopic (exact) mass is 555 g/mol. The number of hydrogen-bond donors (Lipinski definition) is 0. The summed E-state index contributed by atoms with van der Waals surface area (Å²) in [6.07, 6.45) is 0. The van der Waals surface area contributed by atoms with Crippen molar-refractivity contribution in [2.75, 3.05) is 61.0 Å². The zero-order chi connectivity index (χ0) is 19.7. The van der Waals surface area contributed by atoms with Crippen LogP contribution >= 0.6 is 19.5 Å². The SMILES string of the molecule is CCN(CC)C(=O)COc1c[c-]ccc1.CN(C)CCN(C)C.[Pd+][I]. The number of ether oxygens (including phenoxy) is 1. The first-order valence-corrected chi connectivity index (χ1v) is 12.8. The molecule has 0 saturated heterocycles. The summed E-state index contributed by atoms with van der Waals surface area (Å²) in [6.45, 7) is 7.74. The minimum atomic E-state index is 0.0175. The number of halogens is 1. The molecule has 0 heterocycles. The maximum atomic E-state index is 11.6. The van der Waals surface area contributed by atoms with E-state index < -0.39 is 0 Å². The van der Waals surface area contributed by atoms with E-state index in [-0.39, 0.29) is 12.5 Å². The number of rotatable bonds is 8. The molecule has 0 atom stereocenters. The molecule has 25 heavy (non-hydrogen) atoms. The summed E-state index contributed by atoms with van der Waals surface area (Å²) in [4.78, 5) is 17.7. The molecule has 0 aliphatic rings. The zero-order valence-corrected chi connectivity index (χ0v) is 19.9. The van der Waals surface area contributed by atoms with Crippen LogP contribution in [0.1, 0.15) is 13.8 Å². The van der Waals surface area contributed by atoms with Crippen LogP contribution in [0.3, 0.4) is 0 Å². The van der Waals surface area contributed by atoms with Crippen LogP contribution in [0.25, 0.3) is 0 Å². The number of nitrogens with zero attached hydrogens (tertiary/aromatic N) is 3. The number of carbonyl (C=O) groups is 1. The van der Waals surface area contributed by atoms with Crippen LogP contribution in [-0.2, 0) is 20.4 Å². The van der Waals surface area contributed by atoms with Crippen molar-refractivity contribution in [2.45, 2.75) is 13.8 Å². The number of likely N-dealkylation sites (N-methyl/N-ethyl adjacent to an activating group) is 3. The van der Waals surface area contributed by atoms with Crippen molar-refractivity contribution in [3.8, 4) is 5.75 Å². The Hall–Kier alpha value is -0.198. The van der Waals surface area contributed by atoms with Crippen LogP contribution in [0.15, 0.2) is 24.3 Å². The molecule has 1 rings (SSSR count). The third kappa shape index (κ3) is 17.0. The molecule has 0 saturated carbocycles. The van der Waals surface area contributed by atoms with E-state index >= 15 is 0 Å². The quantitative estimate of drug-likeness (QED) is 0.281. The Morgan fingerprint density at radius 1 is 1.12 bits per heavy atom. The molecule has 0 aliphatic heterocycles. The molecule has 0 N–H and O–H groups in total. The second-order valence-corrected chi connectivity index (χ2v) is 5.70. The van der Waals surface area contributed by atoms with Crippen LogP contribution in [0, 0.1) is 6.07 Å². The van der Waals surface area contributed by atoms with Gasteiger partial charge >= 0.3 is 35.1 Å². The Morgan fingerprint density at radius 3 is 2.00 bits per heavy atom. The van der Waals surface area contributed by atoms with Gasteiger partial charge in [0.25, 0.3) is 5.91 Å². The van der Waals surface area contributed by atoms with Crippen LogP contribution in [0.5, 0.6) is 5.75 Å². The van der Waals surface area contributed by atoms with Crippen molar-refractivity contribution in [1.82, 2.24) is 14.7 Å². The topological polar surface area (TPSA) is 36.0 Å². The van der Waals surface area contributed by atoms with Crippen LogP contribution in [0.2, 0.25) is 0 Å². The minimum absolute atomic E-state index is 0.0175. The first-order chi connectivity index (χ1) is 11.9. The normalized spacial score (nSPS) is 9.72. The molecule has 148 valence electrons. The average Bonchev–Trinajstić information content (AvgIpc) is 2.62. The summed E-state index contributed by atoms with van der Waals surface area (Å²) in [6, 6.07) is 10.0. The second kappa shape index (κ2) is 18.6. The molecule has 0 aliphatic carbocycles. The van der Waals surface area contributed by atoms with Gasteiger partial charge in [-0.3, -0.25) is 4.79 Å². The third-order valence-electron chi connectivity index (χ3n) is 3.15. The van der Waals surface area contributed by atoms with E-state index in [1.165, 1.54) is 0 Å². The number of hydrogen-bond acceptors (Lipinski definition) is 4. The first kappa shape index (κ1) is 27.0. The van der Waals surface area contributed by atoms with Gasteiger partial charge in [-0.25, -0.2) is 0 Å². The Labute approximate surface area is 175 Å². The fourth-order valence-corrected chi connectivity index (χ4v) is 1.68. The maximum absolute atomic E-state index is 11.6. The standard InChI is InChI=1S/C12H16NO2.C6H16N2.HI.Pd/c1-3-13(4-2)12(14)10-15-11-8-6-5-7-9-11;1-7(2)5-6-8(3)4;;/h5-6,8-9H,3-4,10H2,1-2H3;5-6H2,1-4H3;1H;/q-1;;;+2/p-1. The summed E-state index contributed by atoms with van der Waals surface area (Å²) in [5.41, 5.74) is 0. The van der Waals surface area contributed by atoms with Gasteiger partial charge in [0.1, 0.15) is 0 Å². The van der Waals surface area contributed by atoms with Gasteiger partial charge in [0.05, 0.1) is 0 Å². The molecule has 0 radical (unpaired) electrons. The van der Waals surface area contributed by atoms with E-state index in [1.807, 2.05) is 45.5 Å². The van der Waals surface area contributed by atoms with E-state index in [9.17, 15) is 4.79 Å². The van der Waals surface area contributed by atoms with Crippen LogP contribution in [-0.4, -0.2) is 81.6 Å². The van der Waals surface area contributed by atoms with Gasteiger partial charge in [0, 0.05) is 31.9 Å². The predicted octanol–water partition coefficient (Wildman–Crippen LogP) is 2.73. The first-order valence-electron chi connectivity index (χ1n) is 8.18. The molecule has 0 spiro atoms. The molecule has 0 bridgehead atoms. The van der Waals surface area contributed by atoms with Crippen LogP contribution < -0.4 is 4.74 Å². The van der Waals surface area contributed by atoms with Gasteiger partial charge < -0.3 is 19.4 Å². The number of amides is 1. The van der Waals surface area contributed by atoms with Gasteiger partial charge in [-0.1, -0.05) is 0 Å². The molecule has 0 fully saturated rings. The van der Waals surface area contributed by atoms with E-state index in [1.54, 1.807) is 17.0 Å². The van der Waals surface area contributed by atoms with E-state index in [0.29, 0.717) is 5.75 Å². The molecular weight excluding hydrogens is 524 g/mol. The average molecular weight is 556 g/mol. The number of benzene rings is 1. The molecule has 7 heteroatoms. The molecule has 1 aromatic rings. The molecule has 0 unspecified atom stereocenters. The number of carbonyl (C=O) groups excluding carboxylic acids is 1. The Bertz CT molecular complexity index is 408. The van der Waals surface area contributed by atoms with Gasteiger partial charge in [0.2, 0.25) is 0 Å². The van der Waals surface area contributed by atoms with Crippen molar-refractivity contribution in [2.24, 2.45) is 0 Å². The second-order valence-electron chi connectivity index (χ2n) is 5.70. The summed E-state index contributed by atoms with van der Waals surface area (Å²) >= 11 is 4.72. The van der Waals surface area contributed by atoms with Crippen molar-refractivity contribution >= 4 is 25.4 Å². The van der Waals surface area contributed by atoms with Crippen molar-refractivity contribution in [3.63, 3.8) is 0 Å². The van der Waals surface area contributed by atoms with Gasteiger partial charge in [0.15, 0.2) is 6.61 Å². The van der Waals surface area contributed by atoms with Crippen molar-refractivity contribution < 1.29 is 25.1 Å². The Kier molecular flexibility index (Phi) is 20.1. The summed E-state index contributed by atoms with van der Waals surface area (Å²) in [7, 11) is 8.35. The molecule has 1 aromatic carbocycles. The Morgan fingerprint density at radius 2 is 1.64 bits per heavy atom. The molecular formula is C18H32IN3O2Pd. The summed E-state index contributed by atoms with van der Waals surface area (Å²) < 4.78 is 5.33. The summed E-state index contributed by atoms with van der Waals surface area (Å²) in [5.74, 6) is 0.696. The predicted molar refractivity (Wildman–Crippen MR) is 110 cm³/mol. The summed E-state index contributed by atoms with van der Waals surface area (Å²) in [5, 5.41) is 0. The fraction of sp³-hybridized carbons (Fsp3) is 0.611. The third-order valence-corrected chi connectivity index (χ3v) is 3.15. The van der Waals surface area contributed by atoms with Gasteiger partial charge in [-0.05, 0) is 42.0 Å². The molecule has 5 nitrogen and oxygen atoms in total. The van der Waals surface area contributed by atoms with Gasteiger partial charge in [-0.15, -0.1) is 12.1 Å². The Balaban J connectivity index is 0. The zero-order valence-electron chi connectivity index (χ0n) is 16.2. The van der Waals surface area contributed by atoms with E-state index in [0.717, 1.165) is 26.2 Å². The van der Waals surface area contributed by atoms with E-state index in [2.05, 4.69) is 59.6 Å². The van der Waals surface area contributed by atoms with Crippen molar-refractivity contribution in [3.05, 3.63) is 30.3 Å². The van der Waals surface area contributed by atoms with Gasteiger partial charge in [-0.2, -0.15) is 18.2 Å². The molecule has 1 amide bonds.